The van der Waals surface area contributed by atoms with Crippen LogP contribution in [-0.2, 0) is 23.8 Å². The van der Waals surface area contributed by atoms with Crippen LogP contribution < -0.4 is 0 Å². The van der Waals surface area contributed by atoms with E-state index in [1.54, 1.807) is 6.92 Å². The summed E-state index contributed by atoms with van der Waals surface area (Å²) in [6.07, 6.45) is 16.2. The van der Waals surface area contributed by atoms with Gasteiger partial charge in [0.1, 0.15) is 0 Å². The first-order valence-electron chi connectivity index (χ1n) is 14.3. The fourth-order valence-electron chi connectivity index (χ4n) is 2.85. The van der Waals surface area contributed by atoms with Crippen LogP contribution in [0.15, 0.2) is 24.3 Å². The number of carboxylic acid groups (broad SMARTS) is 1. The van der Waals surface area contributed by atoms with E-state index in [1.807, 2.05) is 6.92 Å². The molecule has 8 heteroatoms. The monoisotopic (exact) mass is 546 g/mol. The largest absolute Gasteiger partial charge is 0.478 e. The van der Waals surface area contributed by atoms with Crippen LogP contribution in [0.25, 0.3) is 0 Å². The first kappa shape index (κ1) is 40.8. The zero-order chi connectivity index (χ0) is 29.4. The zero-order valence-corrected chi connectivity index (χ0v) is 24.8. The van der Waals surface area contributed by atoms with Crippen molar-refractivity contribution in [3.63, 3.8) is 0 Å². The quantitative estimate of drug-likeness (QED) is 0.0782. The second-order valence-electron chi connectivity index (χ2n) is 9.36. The highest BCUT2D eigenvalue weighted by molar-refractivity contribution is 5.86. The normalized spacial score (nSPS) is 10.9. The van der Waals surface area contributed by atoms with Crippen LogP contribution in [0, 0.1) is 0 Å². The predicted octanol–water partition coefficient (Wildman–Crippen LogP) is 6.24. The van der Waals surface area contributed by atoms with Gasteiger partial charge in [-0.05, 0) is 26.7 Å². The molecule has 226 valence electrons. The summed E-state index contributed by atoms with van der Waals surface area (Å²) in [4.78, 5) is 20.7. The first-order valence-corrected chi connectivity index (χ1v) is 14.3. The van der Waals surface area contributed by atoms with Crippen molar-refractivity contribution in [2.24, 2.45) is 0 Å². The summed E-state index contributed by atoms with van der Waals surface area (Å²) in [5.74, 6) is -1.19. The Kier molecular flexibility index (Phi) is 35.7. The highest BCUT2D eigenvalue weighted by Crippen LogP contribution is 2.12. The predicted molar refractivity (Wildman–Crippen MR) is 154 cm³/mol. The number of hydrogen-bond donors (Lipinski definition) is 3. The van der Waals surface area contributed by atoms with Gasteiger partial charge in [0, 0.05) is 11.1 Å². The van der Waals surface area contributed by atoms with Crippen molar-refractivity contribution in [3.8, 4) is 0 Å². The summed E-state index contributed by atoms with van der Waals surface area (Å²) in [6, 6.07) is 0. The van der Waals surface area contributed by atoms with Gasteiger partial charge < -0.3 is 29.5 Å². The number of carboxylic acids is 1. The summed E-state index contributed by atoms with van der Waals surface area (Å²) in [5, 5.41) is 25.3. The molecule has 38 heavy (non-hydrogen) atoms. The third-order valence-electron chi connectivity index (χ3n) is 5.33. The summed E-state index contributed by atoms with van der Waals surface area (Å²) in [6.45, 7) is 16.2. The van der Waals surface area contributed by atoms with E-state index in [4.69, 9.17) is 29.5 Å². The SMILES string of the molecule is C=C(C)C(=O)O.C=C(C)C(=O)OCCCCCCCCCCCCCC.CCC(O)COCCOCCO. The molecule has 8 nitrogen and oxygen atoms in total. The van der Waals surface area contributed by atoms with Crippen molar-refractivity contribution in [3.05, 3.63) is 24.3 Å². The number of hydrogen-bond acceptors (Lipinski definition) is 7. The minimum atomic E-state index is -0.935. The summed E-state index contributed by atoms with van der Waals surface area (Å²) >= 11 is 0. The minimum absolute atomic E-state index is 0.0393. The van der Waals surface area contributed by atoms with Gasteiger partial charge >= 0.3 is 11.9 Å². The number of rotatable bonds is 23. The fourth-order valence-corrected chi connectivity index (χ4v) is 2.85. The Morgan fingerprint density at radius 2 is 1.16 bits per heavy atom. The van der Waals surface area contributed by atoms with Gasteiger partial charge in [0.25, 0.3) is 0 Å². The van der Waals surface area contributed by atoms with Crippen LogP contribution in [-0.4, -0.2) is 73.0 Å². The molecule has 0 saturated carbocycles. The molecule has 0 saturated heterocycles. The van der Waals surface area contributed by atoms with E-state index in [1.165, 1.54) is 77.6 Å². The van der Waals surface area contributed by atoms with E-state index in [2.05, 4.69) is 20.1 Å². The Balaban J connectivity index is -0.000000572. The van der Waals surface area contributed by atoms with Crippen LogP contribution in [0.1, 0.15) is 111 Å². The van der Waals surface area contributed by atoms with Gasteiger partial charge in [0.05, 0.1) is 45.7 Å². The molecule has 0 rings (SSSR count). The molecule has 0 heterocycles. The van der Waals surface area contributed by atoms with Crippen LogP contribution in [0.5, 0.6) is 0 Å². The van der Waals surface area contributed by atoms with Gasteiger partial charge in [-0.2, -0.15) is 0 Å². The standard InChI is InChI=1S/C18H34O2.C8H18O4.C4H6O2/c1-4-5-6-7-8-9-10-11-12-13-14-15-16-20-18(19)17(2)3;1-2-8(10)7-12-6-5-11-4-3-9;1-3(2)4(5)6/h2,4-16H2,1,3H3;8-10H,2-7H2,1H3;1H2,2H3,(H,5,6). The number of esters is 1. The molecular formula is C30H58O8. The van der Waals surface area contributed by atoms with Crippen molar-refractivity contribution < 1.29 is 39.1 Å². The van der Waals surface area contributed by atoms with Crippen molar-refractivity contribution >= 4 is 11.9 Å². The zero-order valence-electron chi connectivity index (χ0n) is 24.8. The third kappa shape index (κ3) is 38.8. The molecule has 0 aliphatic heterocycles. The fraction of sp³-hybridized carbons (Fsp3) is 0.800. The highest BCUT2D eigenvalue weighted by Gasteiger charge is 2.02. The Morgan fingerprint density at radius 1 is 0.711 bits per heavy atom. The van der Waals surface area contributed by atoms with Gasteiger partial charge in [-0.15, -0.1) is 0 Å². The molecule has 0 aromatic carbocycles. The van der Waals surface area contributed by atoms with Crippen molar-refractivity contribution in [1.82, 2.24) is 0 Å². The molecule has 0 fully saturated rings. The van der Waals surface area contributed by atoms with Crippen molar-refractivity contribution in [2.45, 2.75) is 117 Å². The van der Waals surface area contributed by atoms with E-state index < -0.39 is 5.97 Å². The molecule has 0 aromatic heterocycles. The molecule has 0 radical (unpaired) electrons. The Morgan fingerprint density at radius 3 is 1.55 bits per heavy atom. The van der Waals surface area contributed by atoms with Gasteiger partial charge in [-0.25, -0.2) is 9.59 Å². The average Bonchev–Trinajstić information content (AvgIpc) is 2.89. The van der Waals surface area contributed by atoms with E-state index in [0.29, 0.717) is 45.0 Å². The van der Waals surface area contributed by atoms with Crippen LogP contribution in [0.2, 0.25) is 0 Å². The lowest BCUT2D eigenvalue weighted by Crippen LogP contribution is -2.16. The maximum absolute atomic E-state index is 11.1. The van der Waals surface area contributed by atoms with Gasteiger partial charge in [-0.3, -0.25) is 0 Å². The molecule has 0 amide bonds. The second-order valence-corrected chi connectivity index (χ2v) is 9.36. The molecule has 0 aliphatic carbocycles. The Labute approximate surface area is 232 Å². The number of ether oxygens (including phenoxy) is 3. The second kappa shape index (κ2) is 33.3. The third-order valence-corrected chi connectivity index (χ3v) is 5.33. The molecule has 0 bridgehead atoms. The van der Waals surface area contributed by atoms with E-state index in [9.17, 15) is 9.59 Å². The maximum Gasteiger partial charge on any atom is 0.333 e. The number of unbranched alkanes of at least 4 members (excludes halogenated alkanes) is 11. The van der Waals surface area contributed by atoms with Crippen LogP contribution in [0.3, 0.4) is 0 Å². The van der Waals surface area contributed by atoms with Crippen LogP contribution >= 0.6 is 0 Å². The number of carbonyl (C=O) groups is 2. The van der Waals surface area contributed by atoms with E-state index in [-0.39, 0.29) is 24.3 Å². The smallest absolute Gasteiger partial charge is 0.333 e. The molecule has 0 aliphatic rings. The number of aliphatic carboxylic acids is 1. The lowest BCUT2D eigenvalue weighted by Gasteiger charge is -2.08. The van der Waals surface area contributed by atoms with Crippen LogP contribution in [0.4, 0.5) is 0 Å². The maximum atomic E-state index is 11.1. The first-order chi connectivity index (χ1) is 18.1. The molecular weight excluding hydrogens is 488 g/mol. The summed E-state index contributed by atoms with van der Waals surface area (Å²) in [5.41, 5.74) is 0.666. The summed E-state index contributed by atoms with van der Waals surface area (Å²) < 4.78 is 15.1. The lowest BCUT2D eigenvalue weighted by atomic mass is 10.1. The molecule has 1 atom stereocenters. The average molecular weight is 547 g/mol. The van der Waals surface area contributed by atoms with E-state index in [0.717, 1.165) is 6.42 Å². The Hall–Kier alpha value is -1.74. The number of aliphatic hydroxyl groups is 2. The number of aliphatic hydroxyl groups excluding tert-OH is 2. The molecule has 0 spiro atoms. The molecule has 1 unspecified atom stereocenters. The van der Waals surface area contributed by atoms with Gasteiger partial charge in [0.2, 0.25) is 0 Å². The van der Waals surface area contributed by atoms with Gasteiger partial charge in [0.15, 0.2) is 0 Å². The van der Waals surface area contributed by atoms with Gasteiger partial charge in [-0.1, -0.05) is 97.6 Å². The molecule has 0 aromatic rings. The van der Waals surface area contributed by atoms with E-state index >= 15 is 0 Å². The Bertz CT molecular complexity index is 550. The molecule has 3 N–H and O–H groups in total. The highest BCUT2D eigenvalue weighted by atomic mass is 16.5. The topological polar surface area (TPSA) is 123 Å². The van der Waals surface area contributed by atoms with Crippen molar-refractivity contribution in [2.75, 3.05) is 39.6 Å². The lowest BCUT2D eigenvalue weighted by molar-refractivity contribution is -0.139. The summed E-state index contributed by atoms with van der Waals surface area (Å²) in [7, 11) is 0. The number of carbonyl (C=O) groups excluding carboxylic acids is 1. The minimum Gasteiger partial charge on any atom is -0.478 e. The van der Waals surface area contributed by atoms with Crippen molar-refractivity contribution in [1.29, 1.82) is 0 Å².